The predicted octanol–water partition coefficient (Wildman–Crippen LogP) is 0.491. The fourth-order valence-corrected chi connectivity index (χ4v) is 1.76. The first-order valence-electron chi connectivity index (χ1n) is 5.46. The van der Waals surface area contributed by atoms with Gasteiger partial charge in [-0.1, -0.05) is 0 Å². The molecule has 2 rings (SSSR count). The van der Waals surface area contributed by atoms with Crippen molar-refractivity contribution in [2.24, 2.45) is 5.73 Å². The fourth-order valence-electron chi connectivity index (χ4n) is 1.76. The third-order valence-electron chi connectivity index (χ3n) is 2.57. The van der Waals surface area contributed by atoms with E-state index in [1.165, 1.54) is 0 Å². The standard InChI is InChI=1S/C12H15N3O2/c13-3-4-14-12(17)5-8-7-15-11-2-1-9(16)6-10(8)11/h1-2,6-7,15-16H,3-5,13H2,(H,14,17). The van der Waals surface area contributed by atoms with Crippen LogP contribution < -0.4 is 11.1 Å². The summed E-state index contributed by atoms with van der Waals surface area (Å²) in [5, 5.41) is 13.0. The summed E-state index contributed by atoms with van der Waals surface area (Å²) in [6, 6.07) is 5.04. The van der Waals surface area contributed by atoms with Gasteiger partial charge in [-0.15, -0.1) is 0 Å². The molecule has 0 bridgehead atoms. The van der Waals surface area contributed by atoms with Crippen LogP contribution in [0.2, 0.25) is 0 Å². The van der Waals surface area contributed by atoms with E-state index in [1.807, 2.05) is 0 Å². The number of aromatic nitrogens is 1. The molecule has 0 saturated heterocycles. The number of carbonyl (C=O) groups excluding carboxylic acids is 1. The average Bonchev–Trinajstić information content (AvgIpc) is 2.69. The van der Waals surface area contributed by atoms with Crippen molar-refractivity contribution in [3.05, 3.63) is 30.0 Å². The van der Waals surface area contributed by atoms with E-state index >= 15 is 0 Å². The number of nitrogens with one attached hydrogen (secondary N) is 2. The lowest BCUT2D eigenvalue weighted by Crippen LogP contribution is -2.30. The number of fused-ring (bicyclic) bond motifs is 1. The summed E-state index contributed by atoms with van der Waals surface area (Å²) >= 11 is 0. The van der Waals surface area contributed by atoms with Gasteiger partial charge in [0.1, 0.15) is 5.75 Å². The second kappa shape index (κ2) is 4.88. The number of hydrogen-bond donors (Lipinski definition) is 4. The summed E-state index contributed by atoms with van der Waals surface area (Å²) in [6.45, 7) is 0.910. The van der Waals surface area contributed by atoms with Gasteiger partial charge in [-0.3, -0.25) is 4.79 Å². The van der Waals surface area contributed by atoms with Crippen LogP contribution in [0.1, 0.15) is 5.56 Å². The number of phenols is 1. The molecule has 5 heteroatoms. The van der Waals surface area contributed by atoms with Crippen LogP contribution in [0.5, 0.6) is 5.75 Å². The Morgan fingerprint density at radius 2 is 2.29 bits per heavy atom. The molecule has 90 valence electrons. The highest BCUT2D eigenvalue weighted by molar-refractivity contribution is 5.89. The van der Waals surface area contributed by atoms with Gasteiger partial charge in [-0.2, -0.15) is 0 Å². The van der Waals surface area contributed by atoms with Gasteiger partial charge >= 0.3 is 0 Å². The van der Waals surface area contributed by atoms with E-state index in [-0.39, 0.29) is 18.1 Å². The number of phenolic OH excluding ortho intramolecular Hbond substituents is 1. The van der Waals surface area contributed by atoms with Crippen molar-refractivity contribution >= 4 is 16.8 Å². The summed E-state index contributed by atoms with van der Waals surface area (Å²) in [5.41, 5.74) is 7.08. The molecule has 2 aromatic rings. The highest BCUT2D eigenvalue weighted by atomic mass is 16.3. The molecule has 0 radical (unpaired) electrons. The smallest absolute Gasteiger partial charge is 0.224 e. The summed E-state index contributed by atoms with van der Waals surface area (Å²) in [6.07, 6.45) is 2.07. The molecule has 0 spiro atoms. The van der Waals surface area contributed by atoms with E-state index in [9.17, 15) is 9.90 Å². The zero-order valence-electron chi connectivity index (χ0n) is 9.36. The predicted molar refractivity (Wildman–Crippen MR) is 65.7 cm³/mol. The highest BCUT2D eigenvalue weighted by Gasteiger charge is 2.08. The number of carbonyl (C=O) groups is 1. The Kier molecular flexibility index (Phi) is 3.30. The maximum atomic E-state index is 11.6. The van der Waals surface area contributed by atoms with E-state index in [0.29, 0.717) is 13.1 Å². The van der Waals surface area contributed by atoms with E-state index in [1.54, 1.807) is 24.4 Å². The van der Waals surface area contributed by atoms with Gasteiger partial charge in [0.05, 0.1) is 6.42 Å². The summed E-state index contributed by atoms with van der Waals surface area (Å²) in [5.74, 6) is 0.125. The molecule has 0 aliphatic heterocycles. The number of hydrogen-bond acceptors (Lipinski definition) is 3. The first-order chi connectivity index (χ1) is 8.20. The molecule has 17 heavy (non-hydrogen) atoms. The SMILES string of the molecule is NCCNC(=O)Cc1c[nH]c2ccc(O)cc12. The van der Waals surface area contributed by atoms with Crippen molar-refractivity contribution in [3.63, 3.8) is 0 Å². The van der Waals surface area contributed by atoms with Crippen molar-refractivity contribution < 1.29 is 9.90 Å². The number of rotatable bonds is 4. The van der Waals surface area contributed by atoms with Crippen LogP contribution in [0, 0.1) is 0 Å². The van der Waals surface area contributed by atoms with Gasteiger partial charge in [0.25, 0.3) is 0 Å². The average molecular weight is 233 g/mol. The van der Waals surface area contributed by atoms with E-state index in [4.69, 9.17) is 5.73 Å². The molecule has 0 fully saturated rings. The van der Waals surface area contributed by atoms with Crippen molar-refractivity contribution in [3.8, 4) is 5.75 Å². The summed E-state index contributed by atoms with van der Waals surface area (Å²) < 4.78 is 0. The van der Waals surface area contributed by atoms with E-state index < -0.39 is 0 Å². The Hall–Kier alpha value is -2.01. The van der Waals surface area contributed by atoms with E-state index in [2.05, 4.69) is 10.3 Å². The van der Waals surface area contributed by atoms with Crippen LogP contribution in [0.25, 0.3) is 10.9 Å². The number of benzene rings is 1. The summed E-state index contributed by atoms with van der Waals surface area (Å²) in [4.78, 5) is 14.6. The molecule has 0 atom stereocenters. The summed E-state index contributed by atoms with van der Waals surface area (Å²) in [7, 11) is 0. The third-order valence-corrected chi connectivity index (χ3v) is 2.57. The maximum absolute atomic E-state index is 11.6. The topological polar surface area (TPSA) is 91.1 Å². The number of H-pyrrole nitrogens is 1. The van der Waals surface area contributed by atoms with Gasteiger partial charge in [0, 0.05) is 30.2 Å². The largest absolute Gasteiger partial charge is 0.508 e. The zero-order chi connectivity index (χ0) is 12.3. The van der Waals surface area contributed by atoms with Gasteiger partial charge in [0.15, 0.2) is 0 Å². The molecule has 1 aromatic carbocycles. The third kappa shape index (κ3) is 2.57. The minimum atomic E-state index is -0.0697. The monoisotopic (exact) mass is 233 g/mol. The van der Waals surface area contributed by atoms with Crippen molar-refractivity contribution in [2.75, 3.05) is 13.1 Å². The number of aromatic amines is 1. The molecular weight excluding hydrogens is 218 g/mol. The number of nitrogens with two attached hydrogens (primary N) is 1. The first kappa shape index (κ1) is 11.5. The van der Waals surface area contributed by atoms with E-state index in [0.717, 1.165) is 16.5 Å². The van der Waals surface area contributed by atoms with Crippen molar-refractivity contribution in [1.29, 1.82) is 0 Å². The van der Waals surface area contributed by atoms with Crippen LogP contribution in [0.3, 0.4) is 0 Å². The van der Waals surface area contributed by atoms with Crippen LogP contribution >= 0.6 is 0 Å². The molecule has 1 aromatic heterocycles. The Morgan fingerprint density at radius 3 is 3.06 bits per heavy atom. The normalized spacial score (nSPS) is 10.6. The molecule has 0 saturated carbocycles. The molecule has 1 amide bonds. The van der Waals surface area contributed by atoms with Gasteiger partial charge < -0.3 is 21.1 Å². The molecular formula is C12H15N3O2. The van der Waals surface area contributed by atoms with Crippen LogP contribution in [0.15, 0.2) is 24.4 Å². The second-order valence-corrected chi connectivity index (χ2v) is 3.86. The van der Waals surface area contributed by atoms with Crippen LogP contribution in [-0.4, -0.2) is 29.1 Å². The molecule has 0 aliphatic rings. The van der Waals surface area contributed by atoms with Gasteiger partial charge in [-0.25, -0.2) is 0 Å². The van der Waals surface area contributed by atoms with Crippen molar-refractivity contribution in [2.45, 2.75) is 6.42 Å². The van der Waals surface area contributed by atoms with Crippen molar-refractivity contribution in [1.82, 2.24) is 10.3 Å². The minimum absolute atomic E-state index is 0.0697. The molecule has 0 unspecified atom stereocenters. The second-order valence-electron chi connectivity index (χ2n) is 3.86. The Morgan fingerprint density at radius 1 is 1.47 bits per heavy atom. The Labute approximate surface area is 98.6 Å². The first-order valence-corrected chi connectivity index (χ1v) is 5.46. The highest BCUT2D eigenvalue weighted by Crippen LogP contribution is 2.23. The van der Waals surface area contributed by atoms with Crippen LogP contribution in [-0.2, 0) is 11.2 Å². The molecule has 5 N–H and O–H groups in total. The zero-order valence-corrected chi connectivity index (χ0v) is 9.36. The van der Waals surface area contributed by atoms with Gasteiger partial charge in [0.2, 0.25) is 5.91 Å². The van der Waals surface area contributed by atoms with Gasteiger partial charge in [-0.05, 0) is 23.8 Å². The lowest BCUT2D eigenvalue weighted by atomic mass is 10.1. The maximum Gasteiger partial charge on any atom is 0.224 e. The Balaban J connectivity index is 2.18. The fraction of sp³-hybridized carbons (Fsp3) is 0.250. The molecule has 5 nitrogen and oxygen atoms in total. The lowest BCUT2D eigenvalue weighted by Gasteiger charge is -2.02. The minimum Gasteiger partial charge on any atom is -0.508 e. The number of amides is 1. The molecule has 0 aliphatic carbocycles. The molecule has 1 heterocycles. The number of aromatic hydroxyl groups is 1. The quantitative estimate of drug-likeness (QED) is 0.619. The Bertz CT molecular complexity index is 534. The lowest BCUT2D eigenvalue weighted by molar-refractivity contribution is -0.120. The van der Waals surface area contributed by atoms with Crippen LogP contribution in [0.4, 0.5) is 0 Å².